The number of aryl methyl sites for hydroxylation is 3. The number of nitrogens with one attached hydrogen (secondary N) is 2. The summed E-state index contributed by atoms with van der Waals surface area (Å²) in [6, 6.07) is 13.2. The topological polar surface area (TPSA) is 76.0 Å². The Bertz CT molecular complexity index is 958. The van der Waals surface area contributed by atoms with Crippen molar-refractivity contribution in [2.24, 2.45) is 0 Å². The monoisotopic (exact) mass is 362 g/mol. The van der Waals surface area contributed by atoms with Crippen LogP contribution >= 0.6 is 0 Å². The quantitative estimate of drug-likeness (QED) is 0.732. The number of nitrogens with zero attached hydrogens (tertiary/aromatic N) is 2. The summed E-state index contributed by atoms with van der Waals surface area (Å²) >= 11 is 0. The highest BCUT2D eigenvalue weighted by Crippen LogP contribution is 2.21. The van der Waals surface area contributed by atoms with E-state index in [0.29, 0.717) is 11.3 Å². The van der Waals surface area contributed by atoms with Crippen molar-refractivity contribution >= 4 is 17.5 Å². The molecule has 2 N–H and O–H groups in total. The number of benzene rings is 1. The molecule has 6 heteroatoms. The maximum Gasteiger partial charge on any atom is 0.253 e. The van der Waals surface area contributed by atoms with Gasteiger partial charge in [0.1, 0.15) is 0 Å². The Morgan fingerprint density at radius 1 is 1.04 bits per heavy atom. The van der Waals surface area contributed by atoms with Crippen LogP contribution in [-0.2, 0) is 4.79 Å². The van der Waals surface area contributed by atoms with Crippen molar-refractivity contribution in [3.63, 3.8) is 0 Å². The van der Waals surface area contributed by atoms with Crippen molar-refractivity contribution in [2.45, 2.75) is 20.8 Å². The second kappa shape index (κ2) is 7.86. The van der Waals surface area contributed by atoms with Crippen molar-refractivity contribution in [1.29, 1.82) is 0 Å². The molecule has 2 heterocycles. The van der Waals surface area contributed by atoms with Crippen molar-refractivity contribution in [2.75, 3.05) is 11.9 Å². The zero-order valence-corrected chi connectivity index (χ0v) is 15.6. The van der Waals surface area contributed by atoms with Gasteiger partial charge in [-0.05, 0) is 57.2 Å². The molecule has 3 aromatic rings. The van der Waals surface area contributed by atoms with E-state index < -0.39 is 0 Å². The smallest absolute Gasteiger partial charge is 0.253 e. The second-order valence-corrected chi connectivity index (χ2v) is 6.44. The Kier molecular flexibility index (Phi) is 5.35. The summed E-state index contributed by atoms with van der Waals surface area (Å²) in [5.41, 5.74) is 4.98. The molecule has 0 atom stereocenters. The van der Waals surface area contributed by atoms with Crippen molar-refractivity contribution in [3.8, 4) is 5.69 Å². The summed E-state index contributed by atoms with van der Waals surface area (Å²) in [5, 5.41) is 5.40. The fourth-order valence-electron chi connectivity index (χ4n) is 2.97. The van der Waals surface area contributed by atoms with E-state index in [-0.39, 0.29) is 18.4 Å². The number of carbonyl (C=O) groups excluding carboxylic acids is 2. The van der Waals surface area contributed by atoms with E-state index in [1.165, 1.54) is 0 Å². The molecule has 0 aliphatic carbocycles. The number of pyridine rings is 1. The van der Waals surface area contributed by atoms with Gasteiger partial charge in [0, 0.05) is 17.6 Å². The summed E-state index contributed by atoms with van der Waals surface area (Å²) in [5.74, 6) is -0.596. The van der Waals surface area contributed by atoms with Crippen LogP contribution < -0.4 is 10.6 Å². The molecule has 2 amide bonds. The van der Waals surface area contributed by atoms with Gasteiger partial charge in [0.15, 0.2) is 0 Å². The molecule has 1 aromatic carbocycles. The summed E-state index contributed by atoms with van der Waals surface area (Å²) < 4.78 is 2.03. The van der Waals surface area contributed by atoms with Gasteiger partial charge in [-0.3, -0.25) is 14.6 Å². The number of aromatic nitrogens is 2. The van der Waals surface area contributed by atoms with Gasteiger partial charge in [0.05, 0.1) is 29.7 Å². The molecule has 6 nitrogen and oxygen atoms in total. The zero-order chi connectivity index (χ0) is 19.4. The Balaban J connectivity index is 1.77. The first-order valence-electron chi connectivity index (χ1n) is 8.70. The molecule has 0 aliphatic heterocycles. The number of hydrogen-bond donors (Lipinski definition) is 2. The van der Waals surface area contributed by atoms with Crippen molar-refractivity contribution in [3.05, 3.63) is 77.4 Å². The average molecular weight is 362 g/mol. The van der Waals surface area contributed by atoms with Crippen LogP contribution in [-0.4, -0.2) is 27.9 Å². The fraction of sp³-hybridized carbons (Fsp3) is 0.190. The lowest BCUT2D eigenvalue weighted by molar-refractivity contribution is -0.115. The van der Waals surface area contributed by atoms with Gasteiger partial charge in [-0.2, -0.15) is 0 Å². The van der Waals surface area contributed by atoms with E-state index in [4.69, 9.17) is 0 Å². The molecular weight excluding hydrogens is 340 g/mol. The number of amides is 2. The van der Waals surface area contributed by atoms with Crippen molar-refractivity contribution < 1.29 is 9.59 Å². The molecular formula is C21H22N4O2. The van der Waals surface area contributed by atoms with Gasteiger partial charge in [-0.15, -0.1) is 0 Å². The van der Waals surface area contributed by atoms with E-state index >= 15 is 0 Å². The maximum absolute atomic E-state index is 12.8. The Labute approximate surface area is 158 Å². The van der Waals surface area contributed by atoms with Crippen LogP contribution in [0.3, 0.4) is 0 Å². The Hall–Kier alpha value is -3.41. The molecule has 0 saturated carbocycles. The third kappa shape index (κ3) is 4.23. The van der Waals surface area contributed by atoms with Gasteiger partial charge in [-0.25, -0.2) is 0 Å². The van der Waals surface area contributed by atoms with Gasteiger partial charge in [0.25, 0.3) is 5.91 Å². The standard InChI is InChI=1S/C21H22N4O2/c1-14-6-9-19(25-15(2)7-8-16(25)3)18(11-14)21(27)23-13-20(26)24-17-5-4-10-22-12-17/h4-12H,13H2,1-3H3,(H,23,27)(H,24,26). The van der Waals surface area contributed by atoms with Crippen LogP contribution in [0.15, 0.2) is 54.9 Å². The van der Waals surface area contributed by atoms with Crippen LogP contribution in [0.4, 0.5) is 5.69 Å². The molecule has 0 saturated heterocycles. The van der Waals surface area contributed by atoms with Crippen LogP contribution in [0.1, 0.15) is 27.3 Å². The van der Waals surface area contributed by atoms with E-state index in [0.717, 1.165) is 22.6 Å². The predicted octanol–water partition coefficient (Wildman–Crippen LogP) is 3.17. The fourth-order valence-corrected chi connectivity index (χ4v) is 2.97. The third-order valence-electron chi connectivity index (χ3n) is 4.26. The van der Waals surface area contributed by atoms with Crippen LogP contribution in [0, 0.1) is 20.8 Å². The van der Waals surface area contributed by atoms with E-state index in [9.17, 15) is 9.59 Å². The maximum atomic E-state index is 12.8. The molecule has 27 heavy (non-hydrogen) atoms. The minimum absolute atomic E-state index is 0.120. The lowest BCUT2D eigenvalue weighted by Crippen LogP contribution is -2.33. The normalized spacial score (nSPS) is 10.5. The van der Waals surface area contributed by atoms with E-state index in [1.54, 1.807) is 24.5 Å². The SMILES string of the molecule is Cc1ccc(-n2c(C)ccc2C)c(C(=O)NCC(=O)Nc2cccnc2)c1. The number of anilines is 1. The first-order valence-corrected chi connectivity index (χ1v) is 8.70. The van der Waals surface area contributed by atoms with Crippen LogP contribution in [0.25, 0.3) is 5.69 Å². The van der Waals surface area contributed by atoms with Gasteiger partial charge >= 0.3 is 0 Å². The number of hydrogen-bond acceptors (Lipinski definition) is 3. The molecule has 0 aliphatic rings. The molecule has 138 valence electrons. The minimum Gasteiger partial charge on any atom is -0.343 e. The lowest BCUT2D eigenvalue weighted by Gasteiger charge is -2.15. The van der Waals surface area contributed by atoms with Gasteiger partial charge < -0.3 is 15.2 Å². The number of carbonyl (C=O) groups is 2. The molecule has 3 rings (SSSR count). The highest BCUT2D eigenvalue weighted by molar-refractivity contribution is 6.01. The van der Waals surface area contributed by atoms with E-state index in [2.05, 4.69) is 15.6 Å². The predicted molar refractivity (Wildman–Crippen MR) is 105 cm³/mol. The van der Waals surface area contributed by atoms with Crippen LogP contribution in [0.5, 0.6) is 0 Å². The Morgan fingerprint density at radius 2 is 1.78 bits per heavy atom. The third-order valence-corrected chi connectivity index (χ3v) is 4.26. The summed E-state index contributed by atoms with van der Waals surface area (Å²) in [6.07, 6.45) is 3.18. The second-order valence-electron chi connectivity index (χ2n) is 6.44. The number of rotatable bonds is 5. The minimum atomic E-state index is -0.307. The molecule has 0 unspecified atom stereocenters. The van der Waals surface area contributed by atoms with Crippen molar-refractivity contribution in [1.82, 2.24) is 14.9 Å². The lowest BCUT2D eigenvalue weighted by atomic mass is 10.1. The highest BCUT2D eigenvalue weighted by Gasteiger charge is 2.16. The summed E-state index contributed by atoms with van der Waals surface area (Å²) in [6.45, 7) is 5.81. The van der Waals surface area contributed by atoms with Gasteiger partial charge in [0.2, 0.25) is 5.91 Å². The Morgan fingerprint density at radius 3 is 2.44 bits per heavy atom. The van der Waals surface area contributed by atoms with E-state index in [1.807, 2.05) is 55.7 Å². The summed E-state index contributed by atoms with van der Waals surface area (Å²) in [7, 11) is 0. The average Bonchev–Trinajstić information content (AvgIpc) is 2.99. The zero-order valence-electron chi connectivity index (χ0n) is 15.6. The molecule has 0 fully saturated rings. The molecule has 0 bridgehead atoms. The van der Waals surface area contributed by atoms with Gasteiger partial charge in [-0.1, -0.05) is 11.6 Å². The first-order chi connectivity index (χ1) is 13.0. The molecule has 2 aromatic heterocycles. The largest absolute Gasteiger partial charge is 0.343 e. The molecule has 0 spiro atoms. The highest BCUT2D eigenvalue weighted by atomic mass is 16.2. The summed E-state index contributed by atoms with van der Waals surface area (Å²) in [4.78, 5) is 28.8. The molecule has 0 radical (unpaired) electrons. The first kappa shape index (κ1) is 18.4. The van der Waals surface area contributed by atoms with Crippen LogP contribution in [0.2, 0.25) is 0 Å².